The number of ether oxygens (including phenoxy) is 1. The van der Waals surface area contributed by atoms with Gasteiger partial charge in [-0.25, -0.2) is 13.4 Å². The van der Waals surface area contributed by atoms with Crippen LogP contribution in [-0.2, 0) is 10.0 Å². The molecule has 34 heavy (non-hydrogen) atoms. The molecule has 0 bridgehead atoms. The van der Waals surface area contributed by atoms with Gasteiger partial charge in [0.05, 0.1) is 23.4 Å². The zero-order chi connectivity index (χ0) is 24.5. The molecule has 1 aliphatic rings. The molecular weight excluding hydrogens is 472 g/mol. The topological polar surface area (TPSA) is 91.8 Å². The zero-order valence-corrected chi connectivity index (χ0v) is 21.3. The van der Waals surface area contributed by atoms with E-state index in [9.17, 15) is 13.2 Å². The summed E-state index contributed by atoms with van der Waals surface area (Å²) >= 11 is 1.07. The van der Waals surface area contributed by atoms with Crippen molar-refractivity contribution in [2.45, 2.75) is 25.7 Å². The van der Waals surface area contributed by atoms with E-state index in [1.54, 1.807) is 38.0 Å². The van der Waals surface area contributed by atoms with Gasteiger partial charge in [-0.15, -0.1) is 0 Å². The van der Waals surface area contributed by atoms with Crippen LogP contribution in [0.3, 0.4) is 0 Å². The number of aromatic nitrogens is 1. The third kappa shape index (κ3) is 4.88. The Morgan fingerprint density at radius 3 is 2.44 bits per heavy atom. The Morgan fingerprint density at radius 2 is 1.76 bits per heavy atom. The quantitative estimate of drug-likeness (QED) is 0.553. The van der Waals surface area contributed by atoms with Crippen molar-refractivity contribution in [3.05, 3.63) is 64.2 Å². The van der Waals surface area contributed by atoms with Gasteiger partial charge in [0.15, 0.2) is 5.13 Å². The molecule has 8 nitrogen and oxygen atoms in total. The fourth-order valence-corrected chi connectivity index (χ4v) is 6.49. The normalized spacial score (nSPS) is 14.2. The van der Waals surface area contributed by atoms with Crippen LogP contribution in [0.1, 0.15) is 26.5 Å². The maximum atomic E-state index is 13.2. The summed E-state index contributed by atoms with van der Waals surface area (Å²) in [6, 6.07) is 13.0. The van der Waals surface area contributed by atoms with Crippen LogP contribution in [0, 0.1) is 20.8 Å². The Balaban J connectivity index is 1.46. The number of benzene rings is 2. The summed E-state index contributed by atoms with van der Waals surface area (Å²) in [5, 5.41) is 0.188. The van der Waals surface area contributed by atoms with Gasteiger partial charge >= 0.3 is 0 Å². The number of piperazine rings is 1. The van der Waals surface area contributed by atoms with Gasteiger partial charge in [-0.2, -0.15) is 0 Å². The van der Waals surface area contributed by atoms with Gasteiger partial charge in [0.25, 0.3) is 15.9 Å². The van der Waals surface area contributed by atoms with Crippen molar-refractivity contribution in [1.29, 1.82) is 0 Å². The van der Waals surface area contributed by atoms with E-state index in [1.165, 1.54) is 0 Å². The van der Waals surface area contributed by atoms with Crippen LogP contribution in [0.15, 0.2) is 47.4 Å². The lowest BCUT2D eigenvalue weighted by Gasteiger charge is -2.36. The number of thiazole rings is 1. The largest absolute Gasteiger partial charge is 0.495 e. The highest BCUT2D eigenvalue weighted by molar-refractivity contribution is 7.93. The predicted octanol–water partition coefficient (Wildman–Crippen LogP) is 3.84. The number of para-hydroxylation sites is 2. The fraction of sp³-hybridized carbons (Fsp3) is 0.333. The average molecular weight is 501 g/mol. The number of carbonyl (C=O) groups excluding carboxylic acids is 1. The molecule has 0 saturated carbocycles. The number of carbonyl (C=O) groups is 1. The number of methoxy groups -OCH3 is 1. The van der Waals surface area contributed by atoms with E-state index in [0.29, 0.717) is 42.3 Å². The highest BCUT2D eigenvalue weighted by atomic mass is 32.2. The second-order valence-corrected chi connectivity index (χ2v) is 10.9. The maximum absolute atomic E-state index is 13.2. The number of hydrogen-bond acceptors (Lipinski definition) is 7. The minimum atomic E-state index is -3.80. The number of rotatable bonds is 6. The lowest BCUT2D eigenvalue weighted by atomic mass is 10.2. The molecule has 3 aromatic rings. The Labute approximate surface area is 204 Å². The number of anilines is 2. The Hall–Kier alpha value is -3.11. The fourth-order valence-electron chi connectivity index (χ4n) is 4.09. The van der Waals surface area contributed by atoms with Gasteiger partial charge in [0.1, 0.15) is 10.6 Å². The maximum Gasteiger partial charge on any atom is 0.266 e. The van der Waals surface area contributed by atoms with Crippen molar-refractivity contribution in [3.63, 3.8) is 0 Å². The third-order valence-electron chi connectivity index (χ3n) is 5.83. The van der Waals surface area contributed by atoms with Gasteiger partial charge in [-0.1, -0.05) is 41.2 Å². The Bertz CT molecular complexity index is 1310. The van der Waals surface area contributed by atoms with Crippen LogP contribution in [0.5, 0.6) is 5.75 Å². The molecular formula is C24H28N4O4S2. The van der Waals surface area contributed by atoms with Crippen molar-refractivity contribution >= 4 is 38.1 Å². The van der Waals surface area contributed by atoms with Gasteiger partial charge in [0, 0.05) is 26.2 Å². The molecule has 0 atom stereocenters. The molecule has 2 heterocycles. The first-order valence-corrected chi connectivity index (χ1v) is 13.2. The second kappa shape index (κ2) is 9.63. The van der Waals surface area contributed by atoms with Crippen molar-refractivity contribution in [2.24, 2.45) is 0 Å². The summed E-state index contributed by atoms with van der Waals surface area (Å²) in [6.45, 7) is 7.86. The van der Waals surface area contributed by atoms with Crippen LogP contribution >= 0.6 is 11.3 Å². The third-order valence-corrected chi connectivity index (χ3v) is 8.51. The molecule has 0 radical (unpaired) electrons. The molecule has 1 aliphatic heterocycles. The Morgan fingerprint density at radius 1 is 1.06 bits per heavy atom. The summed E-state index contributed by atoms with van der Waals surface area (Å²) in [4.78, 5) is 22.2. The summed E-state index contributed by atoms with van der Waals surface area (Å²) in [6.07, 6.45) is 0. The molecule has 1 fully saturated rings. The lowest BCUT2D eigenvalue weighted by Crippen LogP contribution is -2.48. The van der Waals surface area contributed by atoms with E-state index in [4.69, 9.17) is 4.74 Å². The van der Waals surface area contributed by atoms with E-state index >= 15 is 0 Å². The minimum Gasteiger partial charge on any atom is -0.495 e. The SMILES string of the molecule is COc1ccccc1N1CCN(C(=O)c2sc(NS(=O)(=O)c3ccc(C)cc3C)nc2C)CC1. The first kappa shape index (κ1) is 24.0. The lowest BCUT2D eigenvalue weighted by molar-refractivity contribution is 0.0750. The van der Waals surface area contributed by atoms with Crippen molar-refractivity contribution in [1.82, 2.24) is 9.88 Å². The summed E-state index contributed by atoms with van der Waals surface area (Å²) in [5.41, 5.74) is 3.17. The number of nitrogens with one attached hydrogen (secondary N) is 1. The highest BCUT2D eigenvalue weighted by Crippen LogP contribution is 2.30. The summed E-state index contributed by atoms with van der Waals surface area (Å²) in [7, 11) is -2.15. The van der Waals surface area contributed by atoms with Gasteiger partial charge in [-0.05, 0) is 44.5 Å². The van der Waals surface area contributed by atoms with Crippen molar-refractivity contribution in [2.75, 3.05) is 42.9 Å². The number of aryl methyl sites for hydroxylation is 3. The van der Waals surface area contributed by atoms with Crippen LogP contribution in [-0.4, -0.2) is 57.5 Å². The van der Waals surface area contributed by atoms with E-state index in [0.717, 1.165) is 28.3 Å². The van der Waals surface area contributed by atoms with E-state index < -0.39 is 10.0 Å². The van der Waals surface area contributed by atoms with Gasteiger partial charge < -0.3 is 14.5 Å². The van der Waals surface area contributed by atoms with Crippen molar-refractivity contribution < 1.29 is 17.9 Å². The predicted molar refractivity (Wildman–Crippen MR) is 135 cm³/mol. The summed E-state index contributed by atoms with van der Waals surface area (Å²) in [5.74, 6) is 0.674. The van der Waals surface area contributed by atoms with Gasteiger partial charge in [-0.3, -0.25) is 9.52 Å². The monoisotopic (exact) mass is 500 g/mol. The number of hydrogen-bond donors (Lipinski definition) is 1. The standard InChI is InChI=1S/C24H28N4O4S2/c1-16-9-10-21(17(2)15-16)34(30,31)26-24-25-18(3)22(33-24)23(29)28-13-11-27(12-14-28)19-7-5-6-8-20(19)32-4/h5-10,15H,11-14H2,1-4H3,(H,25,26). The summed E-state index contributed by atoms with van der Waals surface area (Å²) < 4.78 is 33.8. The van der Waals surface area contributed by atoms with E-state index in [1.807, 2.05) is 37.3 Å². The minimum absolute atomic E-state index is 0.133. The van der Waals surface area contributed by atoms with Crippen LogP contribution in [0.2, 0.25) is 0 Å². The van der Waals surface area contributed by atoms with Crippen LogP contribution in [0.25, 0.3) is 0 Å². The first-order chi connectivity index (χ1) is 16.2. The first-order valence-electron chi connectivity index (χ1n) is 10.9. The molecule has 1 amide bonds. The highest BCUT2D eigenvalue weighted by Gasteiger charge is 2.27. The molecule has 0 unspecified atom stereocenters. The number of sulfonamides is 1. The smallest absolute Gasteiger partial charge is 0.266 e. The molecule has 0 spiro atoms. The molecule has 1 saturated heterocycles. The average Bonchev–Trinajstić information content (AvgIpc) is 3.17. The molecule has 1 aromatic heterocycles. The zero-order valence-electron chi connectivity index (χ0n) is 19.7. The molecule has 10 heteroatoms. The van der Waals surface area contributed by atoms with E-state index in [-0.39, 0.29) is 15.9 Å². The van der Waals surface area contributed by atoms with Gasteiger partial charge in [0.2, 0.25) is 0 Å². The van der Waals surface area contributed by atoms with E-state index in [2.05, 4.69) is 14.6 Å². The molecule has 2 aromatic carbocycles. The molecule has 1 N–H and O–H groups in total. The Kier molecular flexibility index (Phi) is 6.81. The molecule has 180 valence electrons. The van der Waals surface area contributed by atoms with Crippen molar-refractivity contribution in [3.8, 4) is 5.75 Å². The van der Waals surface area contributed by atoms with Crippen LogP contribution < -0.4 is 14.4 Å². The molecule has 4 rings (SSSR count). The second-order valence-electron chi connectivity index (χ2n) is 8.26. The van der Waals surface area contributed by atoms with Crippen LogP contribution in [0.4, 0.5) is 10.8 Å². The number of nitrogens with zero attached hydrogens (tertiary/aromatic N) is 3. The molecule has 0 aliphatic carbocycles. The number of amides is 1.